The molecule has 0 spiro atoms. The molecule has 0 aliphatic rings. The van der Waals surface area contributed by atoms with Crippen molar-refractivity contribution in [2.45, 2.75) is 34.1 Å². The summed E-state index contributed by atoms with van der Waals surface area (Å²) in [6.07, 6.45) is 8.69. The predicted octanol–water partition coefficient (Wildman–Crippen LogP) is 14.6. The molecule has 0 radical (unpaired) electrons. The Morgan fingerprint density at radius 3 is 1.77 bits per heavy atom. The lowest BCUT2D eigenvalue weighted by atomic mass is 9.87. The van der Waals surface area contributed by atoms with Crippen LogP contribution in [0.3, 0.4) is 0 Å². The van der Waals surface area contributed by atoms with Crippen molar-refractivity contribution in [2.24, 2.45) is 0 Å². The van der Waals surface area contributed by atoms with Gasteiger partial charge < -0.3 is 5.73 Å². The number of hydrogen-bond acceptors (Lipinski definition) is 3. The first-order valence-electron chi connectivity index (χ1n) is 19.7. The summed E-state index contributed by atoms with van der Waals surface area (Å²) in [5.41, 5.74) is 17.4. The molecule has 8 aromatic carbocycles. The first-order valence-corrected chi connectivity index (χ1v) is 19.7. The molecule has 0 aliphatic heterocycles. The molecule has 0 unspecified atom stereocenters. The van der Waals surface area contributed by atoms with Crippen LogP contribution >= 0.6 is 0 Å². The van der Waals surface area contributed by atoms with E-state index in [2.05, 4.69) is 157 Å². The van der Waals surface area contributed by atoms with Crippen LogP contribution in [-0.2, 0) is 6.42 Å². The fourth-order valence-electron chi connectivity index (χ4n) is 7.94. The minimum Gasteiger partial charge on any atom is -0.396 e. The second-order valence-electron chi connectivity index (χ2n) is 13.6. The molecule has 2 aromatic heterocycles. The monoisotopic (exact) mass is 723 g/mol. The zero-order valence-corrected chi connectivity index (χ0v) is 32.4. The highest BCUT2D eigenvalue weighted by Gasteiger charge is 2.16. The van der Waals surface area contributed by atoms with Gasteiger partial charge in [-0.1, -0.05) is 173 Å². The van der Waals surface area contributed by atoms with Crippen LogP contribution in [-0.4, -0.2) is 9.97 Å². The Labute approximate surface area is 329 Å². The molecule has 0 fully saturated rings. The number of rotatable bonds is 6. The van der Waals surface area contributed by atoms with Crippen LogP contribution in [0, 0.1) is 0 Å². The topological polar surface area (TPSA) is 51.8 Å². The van der Waals surface area contributed by atoms with Crippen LogP contribution in [0.2, 0.25) is 0 Å². The number of anilines is 1. The maximum atomic E-state index is 6.79. The van der Waals surface area contributed by atoms with Crippen molar-refractivity contribution >= 4 is 65.8 Å². The molecular weight excluding hydrogens is 679 g/mol. The third kappa shape index (κ3) is 6.52. The molecule has 2 N–H and O–H groups in total. The van der Waals surface area contributed by atoms with Gasteiger partial charge in [0.05, 0.1) is 16.9 Å². The molecule has 0 bridgehead atoms. The summed E-state index contributed by atoms with van der Waals surface area (Å²) in [6, 6.07) is 54.7. The van der Waals surface area contributed by atoms with E-state index in [4.69, 9.17) is 10.7 Å². The summed E-state index contributed by atoms with van der Waals surface area (Å²) in [6.45, 7) is 8.00. The maximum absolute atomic E-state index is 6.79. The number of nitrogens with zero attached hydrogens (tertiary/aromatic N) is 2. The summed E-state index contributed by atoms with van der Waals surface area (Å²) < 4.78 is 0. The summed E-state index contributed by atoms with van der Waals surface area (Å²) in [5.74, 6) is 0. The van der Waals surface area contributed by atoms with E-state index in [1.54, 1.807) is 0 Å². The van der Waals surface area contributed by atoms with Gasteiger partial charge in [0.1, 0.15) is 0 Å². The van der Waals surface area contributed by atoms with Gasteiger partial charge in [-0.05, 0) is 101 Å². The lowest BCUT2D eigenvalue weighted by molar-refractivity contribution is 1.22. The SMILES string of the molecule is CC.CC.Nc1c(/C=C\Cc2ccncc2)ccc2ccc(-c3ccc4ccc5c(-c6ccc(-c7cccc8ccccc78)cc6)ccc6ccc3c4c65)nc12. The van der Waals surface area contributed by atoms with Crippen LogP contribution in [0.5, 0.6) is 0 Å². The highest BCUT2D eigenvalue weighted by Crippen LogP contribution is 2.43. The van der Waals surface area contributed by atoms with Gasteiger partial charge in [0.15, 0.2) is 0 Å². The fourth-order valence-corrected chi connectivity index (χ4v) is 7.94. The van der Waals surface area contributed by atoms with Gasteiger partial charge in [-0.25, -0.2) is 4.98 Å². The van der Waals surface area contributed by atoms with Gasteiger partial charge in [-0.15, -0.1) is 0 Å². The van der Waals surface area contributed by atoms with E-state index in [9.17, 15) is 0 Å². The lowest BCUT2D eigenvalue weighted by Gasteiger charge is -2.17. The Hall–Kier alpha value is -6.84. The van der Waals surface area contributed by atoms with Crippen molar-refractivity contribution in [3.8, 4) is 33.5 Å². The smallest absolute Gasteiger partial charge is 0.0944 e. The number of nitrogens with two attached hydrogens (primary N) is 1. The second-order valence-corrected chi connectivity index (χ2v) is 13.6. The third-order valence-electron chi connectivity index (χ3n) is 10.6. The standard InChI is InChI=1S/C49H33N3.2C2H6/c50-48-37(8-3-5-31-27-29-51-30-28-31)15-16-38-21-26-45(52-49(38)48)42-23-18-36-19-24-43-41(22-17-35-20-25-44(42)47(36)46(35)43)34-13-11-33(12-14-34)40-10-4-7-32-6-1-2-9-39(32)40;2*1-2/h1-4,6-30H,5,50H2;2*1-2H3/b8-3-;;. The van der Waals surface area contributed by atoms with E-state index in [-0.39, 0.29) is 0 Å². The molecule has 272 valence electrons. The summed E-state index contributed by atoms with van der Waals surface area (Å²) in [7, 11) is 0. The normalized spacial score (nSPS) is 11.3. The van der Waals surface area contributed by atoms with Crippen LogP contribution in [0.4, 0.5) is 5.69 Å². The first-order chi connectivity index (χ1) is 27.7. The largest absolute Gasteiger partial charge is 0.396 e. The third-order valence-corrected chi connectivity index (χ3v) is 10.6. The number of allylic oxidation sites excluding steroid dienone is 1. The molecule has 3 heteroatoms. The van der Waals surface area contributed by atoms with Crippen molar-refractivity contribution in [2.75, 3.05) is 5.73 Å². The van der Waals surface area contributed by atoms with Crippen molar-refractivity contribution in [3.05, 3.63) is 181 Å². The van der Waals surface area contributed by atoms with Gasteiger partial charge in [0.25, 0.3) is 0 Å². The predicted molar refractivity (Wildman–Crippen MR) is 243 cm³/mol. The average Bonchev–Trinajstić information content (AvgIpc) is 3.28. The highest BCUT2D eigenvalue weighted by atomic mass is 14.7. The minimum absolute atomic E-state index is 0.694. The van der Waals surface area contributed by atoms with Gasteiger partial charge in [-0.3, -0.25) is 4.98 Å². The van der Waals surface area contributed by atoms with E-state index < -0.39 is 0 Å². The van der Waals surface area contributed by atoms with Crippen LogP contribution in [0.15, 0.2) is 170 Å². The van der Waals surface area contributed by atoms with Gasteiger partial charge in [0.2, 0.25) is 0 Å². The Kier molecular flexibility index (Phi) is 10.2. The fraction of sp³-hybridized carbons (Fsp3) is 0.0943. The van der Waals surface area contributed by atoms with Crippen molar-refractivity contribution in [1.82, 2.24) is 9.97 Å². The van der Waals surface area contributed by atoms with Gasteiger partial charge in [-0.2, -0.15) is 0 Å². The zero-order valence-electron chi connectivity index (χ0n) is 32.4. The highest BCUT2D eigenvalue weighted by molar-refractivity contribution is 6.27. The molecule has 0 atom stereocenters. The molecule has 10 aromatic rings. The number of nitrogen functional groups attached to an aromatic ring is 1. The molecule has 0 saturated carbocycles. The number of aromatic nitrogens is 2. The minimum atomic E-state index is 0.694. The zero-order chi connectivity index (χ0) is 38.6. The number of pyridine rings is 2. The Bertz CT molecular complexity index is 2970. The average molecular weight is 724 g/mol. The van der Waals surface area contributed by atoms with E-state index in [1.165, 1.54) is 70.9 Å². The number of hydrogen-bond donors (Lipinski definition) is 1. The molecular formula is C53H45N3. The quantitative estimate of drug-likeness (QED) is 0.137. The summed E-state index contributed by atoms with van der Waals surface area (Å²) in [5, 5.41) is 11.0. The van der Waals surface area contributed by atoms with Gasteiger partial charge >= 0.3 is 0 Å². The molecule has 3 nitrogen and oxygen atoms in total. The molecule has 0 aliphatic carbocycles. The van der Waals surface area contributed by atoms with Gasteiger partial charge in [0, 0.05) is 23.3 Å². The van der Waals surface area contributed by atoms with Crippen molar-refractivity contribution < 1.29 is 0 Å². The van der Waals surface area contributed by atoms with Crippen molar-refractivity contribution in [1.29, 1.82) is 0 Å². The second kappa shape index (κ2) is 15.9. The lowest BCUT2D eigenvalue weighted by Crippen LogP contribution is -1.96. The summed E-state index contributed by atoms with van der Waals surface area (Å²) in [4.78, 5) is 9.32. The number of fused-ring (bicyclic) bond motifs is 2. The number of benzene rings is 8. The van der Waals surface area contributed by atoms with Crippen LogP contribution in [0.1, 0.15) is 38.8 Å². The van der Waals surface area contributed by atoms with Crippen molar-refractivity contribution in [3.63, 3.8) is 0 Å². The van der Waals surface area contributed by atoms with Crippen LogP contribution < -0.4 is 5.73 Å². The van der Waals surface area contributed by atoms with E-state index in [1.807, 2.05) is 52.2 Å². The Morgan fingerprint density at radius 1 is 0.482 bits per heavy atom. The molecule has 56 heavy (non-hydrogen) atoms. The maximum Gasteiger partial charge on any atom is 0.0944 e. The Balaban J connectivity index is 0.00000107. The molecule has 0 amide bonds. The van der Waals surface area contributed by atoms with Crippen LogP contribution in [0.25, 0.3) is 93.6 Å². The van der Waals surface area contributed by atoms with E-state index >= 15 is 0 Å². The summed E-state index contributed by atoms with van der Waals surface area (Å²) >= 11 is 0. The molecule has 2 heterocycles. The molecule has 0 saturated heterocycles. The van der Waals surface area contributed by atoms with E-state index in [0.717, 1.165) is 34.1 Å². The molecule has 10 rings (SSSR count). The van der Waals surface area contributed by atoms with E-state index in [0.29, 0.717) is 5.69 Å². The first kappa shape index (κ1) is 36.2. The Morgan fingerprint density at radius 2 is 1.05 bits per heavy atom.